The van der Waals surface area contributed by atoms with Crippen LogP contribution in [0.5, 0.6) is 5.75 Å². The van der Waals surface area contributed by atoms with E-state index in [0.29, 0.717) is 0 Å². The Balaban J connectivity index is 1.86. The summed E-state index contributed by atoms with van der Waals surface area (Å²) >= 11 is 0. The first-order chi connectivity index (χ1) is 19.8. The van der Waals surface area contributed by atoms with E-state index in [-0.39, 0.29) is 65.1 Å². The van der Waals surface area contributed by atoms with Crippen molar-refractivity contribution < 1.29 is 27.1 Å². The Hall–Kier alpha value is -4.69. The fourth-order valence-electron chi connectivity index (χ4n) is 5.24. The molecule has 2 aromatic heterocycles. The largest absolute Gasteiger partial charge is 0.507 e. The number of fused-ring (bicyclic) bond motifs is 1. The van der Waals surface area contributed by atoms with Crippen molar-refractivity contribution in [3.8, 4) is 22.6 Å². The zero-order chi connectivity index (χ0) is 30.5. The lowest BCUT2D eigenvalue weighted by Gasteiger charge is -2.40. The van der Waals surface area contributed by atoms with Crippen LogP contribution in [0.2, 0.25) is 0 Å². The predicted molar refractivity (Wildman–Crippen MR) is 152 cm³/mol. The van der Waals surface area contributed by atoms with Gasteiger partial charge in [0.05, 0.1) is 16.8 Å². The Labute approximate surface area is 239 Å². The van der Waals surface area contributed by atoms with Crippen LogP contribution in [0.1, 0.15) is 12.5 Å². The summed E-state index contributed by atoms with van der Waals surface area (Å²) in [6, 6.07) is 6.76. The van der Waals surface area contributed by atoms with Crippen LogP contribution in [0, 0.1) is 18.6 Å². The summed E-state index contributed by atoms with van der Waals surface area (Å²) in [5.74, 6) is -2.59. The van der Waals surface area contributed by atoms with Crippen LogP contribution in [-0.4, -0.2) is 64.5 Å². The van der Waals surface area contributed by atoms with Gasteiger partial charge in [0.15, 0.2) is 5.03 Å². The molecule has 3 heterocycles. The van der Waals surface area contributed by atoms with Crippen LogP contribution in [-0.2, 0) is 14.8 Å². The lowest BCUT2D eigenvalue weighted by Crippen LogP contribution is -2.54. The number of hydrogen-bond acceptors (Lipinski definition) is 8. The second-order valence-corrected chi connectivity index (χ2v) is 11.4. The molecule has 218 valence electrons. The van der Waals surface area contributed by atoms with Gasteiger partial charge in [-0.25, -0.2) is 32.1 Å². The summed E-state index contributed by atoms with van der Waals surface area (Å²) in [7, 11) is -4.46. The van der Waals surface area contributed by atoms with Gasteiger partial charge in [0, 0.05) is 42.8 Å². The number of carbonyl (C=O) groups is 1. The first kappa shape index (κ1) is 28.8. The van der Waals surface area contributed by atoms with Crippen molar-refractivity contribution in [2.24, 2.45) is 5.14 Å². The molecule has 11 nitrogen and oxygen atoms in total. The molecule has 1 aliphatic heterocycles. The molecule has 4 aromatic rings. The third-order valence-electron chi connectivity index (χ3n) is 7.19. The first-order valence-electron chi connectivity index (χ1n) is 12.7. The third kappa shape index (κ3) is 4.88. The molecule has 0 radical (unpaired) electrons. The van der Waals surface area contributed by atoms with Gasteiger partial charge in [-0.2, -0.15) is 4.98 Å². The predicted octanol–water partition coefficient (Wildman–Crippen LogP) is 2.61. The Morgan fingerprint density at radius 1 is 1.19 bits per heavy atom. The molecular formula is C28H26F2N6O5S. The van der Waals surface area contributed by atoms with Crippen LogP contribution in [0.15, 0.2) is 65.1 Å². The van der Waals surface area contributed by atoms with E-state index in [2.05, 4.69) is 16.5 Å². The molecule has 1 fully saturated rings. The van der Waals surface area contributed by atoms with Crippen LogP contribution >= 0.6 is 0 Å². The van der Waals surface area contributed by atoms with Crippen LogP contribution < -0.4 is 15.7 Å². The lowest BCUT2D eigenvalue weighted by atomic mass is 10.0. The molecule has 1 saturated heterocycles. The van der Waals surface area contributed by atoms with Gasteiger partial charge in [-0.1, -0.05) is 12.6 Å². The smallest absolute Gasteiger partial charge is 0.354 e. The monoisotopic (exact) mass is 596 g/mol. The maximum atomic E-state index is 15.8. The van der Waals surface area contributed by atoms with E-state index in [1.807, 2.05) is 0 Å². The lowest BCUT2D eigenvalue weighted by molar-refractivity contribution is -0.126. The second kappa shape index (κ2) is 10.6. The minimum absolute atomic E-state index is 0.0400. The summed E-state index contributed by atoms with van der Waals surface area (Å²) in [6.07, 6.45) is 2.41. The van der Waals surface area contributed by atoms with Crippen molar-refractivity contribution in [2.45, 2.75) is 24.9 Å². The number of nitrogens with two attached hydrogens (primary N) is 1. The van der Waals surface area contributed by atoms with Crippen molar-refractivity contribution in [2.75, 3.05) is 24.5 Å². The second-order valence-electron chi connectivity index (χ2n) is 9.89. The van der Waals surface area contributed by atoms with E-state index in [1.54, 1.807) is 16.7 Å². The maximum Gasteiger partial charge on any atom is 0.354 e. The highest BCUT2D eigenvalue weighted by atomic mass is 32.2. The number of nitrogens with zero attached hydrogens (tertiary/aromatic N) is 5. The molecule has 0 unspecified atom stereocenters. The molecule has 0 saturated carbocycles. The molecule has 0 bridgehead atoms. The SMILES string of the molecule is C=CC(=O)N1CCN(c2nc(=O)n(-c3c(C)ccnc3S(N)(=O)=O)c3cc(-c4c(O)cccc4F)c(F)cc23)[C@@H](C)C1. The number of primary sulfonamides is 1. The number of phenolic OH excluding ortho intramolecular Hbond substituents is 1. The molecule has 3 N–H and O–H groups in total. The van der Waals surface area contributed by atoms with Gasteiger partial charge in [-0.3, -0.25) is 9.36 Å². The zero-order valence-electron chi connectivity index (χ0n) is 22.6. The maximum absolute atomic E-state index is 15.8. The third-order valence-corrected chi connectivity index (χ3v) is 8.03. The van der Waals surface area contributed by atoms with Crippen LogP contribution in [0.4, 0.5) is 14.6 Å². The number of aromatic hydroxyl groups is 1. The molecule has 42 heavy (non-hydrogen) atoms. The number of phenols is 1. The van der Waals surface area contributed by atoms with Gasteiger partial charge in [0.1, 0.15) is 23.2 Å². The molecule has 5 rings (SSSR count). The summed E-state index contributed by atoms with van der Waals surface area (Å²) in [4.78, 5) is 37.4. The summed E-state index contributed by atoms with van der Waals surface area (Å²) < 4.78 is 56.7. The number of piperazine rings is 1. The minimum atomic E-state index is -4.46. The zero-order valence-corrected chi connectivity index (χ0v) is 23.4. The number of anilines is 1. The summed E-state index contributed by atoms with van der Waals surface area (Å²) in [5.41, 5.74) is -1.73. The molecule has 14 heteroatoms. The van der Waals surface area contributed by atoms with E-state index in [4.69, 9.17) is 5.14 Å². The van der Waals surface area contributed by atoms with E-state index < -0.39 is 43.7 Å². The number of carbonyl (C=O) groups excluding carboxylic acids is 1. The number of amides is 1. The van der Waals surface area contributed by atoms with Gasteiger partial charge in [-0.15, -0.1) is 0 Å². The van der Waals surface area contributed by atoms with Crippen molar-refractivity contribution >= 4 is 32.7 Å². The average Bonchev–Trinajstić information content (AvgIpc) is 2.92. The van der Waals surface area contributed by atoms with Gasteiger partial charge in [0.2, 0.25) is 5.91 Å². The van der Waals surface area contributed by atoms with E-state index in [0.717, 1.165) is 22.8 Å². The Kier molecular flexibility index (Phi) is 7.28. The highest BCUT2D eigenvalue weighted by Crippen LogP contribution is 2.38. The molecule has 0 aliphatic carbocycles. The number of sulfonamides is 1. The van der Waals surface area contributed by atoms with Gasteiger partial charge in [-0.05, 0) is 55.8 Å². The quantitative estimate of drug-likeness (QED) is 0.334. The van der Waals surface area contributed by atoms with Gasteiger partial charge >= 0.3 is 5.69 Å². The summed E-state index contributed by atoms with van der Waals surface area (Å²) in [6.45, 7) is 7.60. The van der Waals surface area contributed by atoms with Crippen LogP contribution in [0.25, 0.3) is 27.7 Å². The van der Waals surface area contributed by atoms with Crippen molar-refractivity contribution in [1.29, 1.82) is 0 Å². The number of rotatable bonds is 5. The number of halogens is 2. The Bertz CT molecular complexity index is 1930. The van der Waals surface area contributed by atoms with E-state index >= 15 is 4.39 Å². The van der Waals surface area contributed by atoms with E-state index in [1.165, 1.54) is 37.4 Å². The number of hydrogen-bond donors (Lipinski definition) is 2. The summed E-state index contributed by atoms with van der Waals surface area (Å²) in [5, 5.41) is 15.3. The van der Waals surface area contributed by atoms with Crippen LogP contribution in [0.3, 0.4) is 0 Å². The first-order valence-corrected chi connectivity index (χ1v) is 14.3. The molecule has 0 spiro atoms. The molecule has 1 amide bonds. The van der Waals surface area contributed by atoms with Crippen molar-refractivity contribution in [3.05, 3.63) is 82.9 Å². The number of benzene rings is 2. The van der Waals surface area contributed by atoms with Gasteiger partial charge in [0.25, 0.3) is 10.0 Å². The molecule has 2 aromatic carbocycles. The topological polar surface area (TPSA) is 152 Å². The van der Waals surface area contributed by atoms with Crippen molar-refractivity contribution in [1.82, 2.24) is 19.4 Å². The highest BCUT2D eigenvalue weighted by molar-refractivity contribution is 7.89. The molecular weight excluding hydrogens is 570 g/mol. The van der Waals surface area contributed by atoms with Crippen molar-refractivity contribution in [3.63, 3.8) is 0 Å². The molecule has 1 atom stereocenters. The minimum Gasteiger partial charge on any atom is -0.507 e. The number of aryl methyl sites for hydroxylation is 1. The van der Waals surface area contributed by atoms with E-state index in [9.17, 15) is 27.5 Å². The Morgan fingerprint density at radius 2 is 1.93 bits per heavy atom. The fourth-order valence-corrected chi connectivity index (χ4v) is 5.97. The van der Waals surface area contributed by atoms with Gasteiger partial charge < -0.3 is 14.9 Å². The normalized spacial score (nSPS) is 15.7. The average molecular weight is 597 g/mol. The highest BCUT2D eigenvalue weighted by Gasteiger charge is 2.31. The number of pyridine rings is 1. The fraction of sp³-hybridized carbons (Fsp3) is 0.214. The number of aromatic nitrogens is 3. The Morgan fingerprint density at radius 3 is 2.57 bits per heavy atom. The molecule has 1 aliphatic rings. The standard InChI is InChI=1S/C28H26F2N6O5S/c1-4-23(38)34-10-11-35(16(3)14-34)26-18-12-20(30)17(24-19(29)6-5-7-22(24)37)13-21(18)36(28(39)33-26)25-15(2)8-9-32-27(25)42(31,40)41/h4-9,12-13,16,37H,1,10-11,14H2,2-3H3,(H2,31,40,41)/t16-/m0/s1.